The number of esters is 1. The van der Waals surface area contributed by atoms with Crippen molar-refractivity contribution in [2.24, 2.45) is 0 Å². The van der Waals surface area contributed by atoms with Crippen LogP contribution in [-0.4, -0.2) is 24.1 Å². The molecule has 0 amide bonds. The van der Waals surface area contributed by atoms with E-state index in [1.54, 1.807) is 23.9 Å². The second-order valence-corrected chi connectivity index (χ2v) is 4.87. The van der Waals surface area contributed by atoms with Crippen LogP contribution in [0.1, 0.15) is 17.3 Å². The molecule has 1 aromatic carbocycles. The van der Waals surface area contributed by atoms with E-state index in [0.29, 0.717) is 22.9 Å². The van der Waals surface area contributed by atoms with Gasteiger partial charge in [0.05, 0.1) is 16.3 Å². The molecule has 1 aromatic rings. The van der Waals surface area contributed by atoms with Crippen molar-refractivity contribution in [2.75, 3.05) is 23.8 Å². The van der Waals surface area contributed by atoms with Gasteiger partial charge in [-0.1, -0.05) is 18.5 Å². The lowest BCUT2D eigenvalue weighted by Crippen LogP contribution is -2.08. The molecule has 0 aliphatic carbocycles. The molecule has 3 nitrogen and oxygen atoms in total. The van der Waals surface area contributed by atoms with Crippen molar-refractivity contribution in [1.29, 1.82) is 0 Å². The van der Waals surface area contributed by atoms with Crippen LogP contribution in [-0.2, 0) is 4.74 Å². The Labute approximate surface area is 104 Å². The molecule has 0 heterocycles. The number of nitrogens with two attached hydrogens (primary N) is 1. The summed E-state index contributed by atoms with van der Waals surface area (Å²) in [5.41, 5.74) is 6.43. The van der Waals surface area contributed by atoms with E-state index >= 15 is 0 Å². The zero-order valence-electron chi connectivity index (χ0n) is 9.03. The first kappa shape index (κ1) is 13.2. The van der Waals surface area contributed by atoms with Crippen molar-refractivity contribution in [3.63, 3.8) is 0 Å². The largest absolute Gasteiger partial charge is 0.461 e. The fourth-order valence-corrected chi connectivity index (χ4v) is 1.75. The fourth-order valence-electron chi connectivity index (χ4n) is 1.08. The maximum atomic E-state index is 11.5. The lowest BCUT2D eigenvalue weighted by Gasteiger charge is -2.05. The third-order valence-corrected chi connectivity index (χ3v) is 3.09. The predicted octanol–water partition coefficient (Wildman–Crippen LogP) is 2.83. The molecule has 0 saturated heterocycles. The molecule has 2 N–H and O–H groups in total. The smallest absolute Gasteiger partial charge is 0.338 e. The van der Waals surface area contributed by atoms with Crippen molar-refractivity contribution in [3.8, 4) is 0 Å². The Balaban J connectivity index is 2.50. The van der Waals surface area contributed by atoms with Gasteiger partial charge < -0.3 is 10.5 Å². The van der Waals surface area contributed by atoms with Crippen LogP contribution in [0.15, 0.2) is 18.2 Å². The van der Waals surface area contributed by atoms with E-state index in [0.717, 1.165) is 11.5 Å². The number of benzene rings is 1. The van der Waals surface area contributed by atoms with Gasteiger partial charge in [-0.3, -0.25) is 0 Å². The van der Waals surface area contributed by atoms with Crippen LogP contribution >= 0.6 is 23.4 Å². The average molecular weight is 260 g/mol. The molecule has 0 fully saturated rings. The van der Waals surface area contributed by atoms with Crippen molar-refractivity contribution in [3.05, 3.63) is 28.8 Å². The van der Waals surface area contributed by atoms with E-state index in [1.807, 2.05) is 0 Å². The Kier molecular flexibility index (Phi) is 5.49. The molecule has 0 radical (unpaired) electrons. The van der Waals surface area contributed by atoms with Crippen molar-refractivity contribution >= 4 is 35.0 Å². The monoisotopic (exact) mass is 259 g/mol. The number of rotatable bonds is 5. The number of thioether (sulfide) groups is 1. The summed E-state index contributed by atoms with van der Waals surface area (Å²) >= 11 is 7.53. The van der Waals surface area contributed by atoms with Gasteiger partial charge in [-0.25, -0.2) is 4.79 Å². The number of ether oxygens (including phenoxy) is 1. The van der Waals surface area contributed by atoms with Crippen LogP contribution in [0.2, 0.25) is 5.02 Å². The Hall–Kier alpha value is -0.870. The number of hydrogen-bond acceptors (Lipinski definition) is 4. The maximum Gasteiger partial charge on any atom is 0.338 e. The maximum absolute atomic E-state index is 11.5. The molecular formula is C11H14ClNO2S. The lowest BCUT2D eigenvalue weighted by molar-refractivity contribution is 0.0530. The number of halogens is 1. The van der Waals surface area contributed by atoms with Gasteiger partial charge in [-0.2, -0.15) is 11.8 Å². The van der Waals surface area contributed by atoms with Crippen LogP contribution in [0, 0.1) is 0 Å². The Morgan fingerprint density at radius 3 is 2.94 bits per heavy atom. The summed E-state index contributed by atoms with van der Waals surface area (Å²) in [5.74, 6) is 1.47. The zero-order chi connectivity index (χ0) is 12.0. The summed E-state index contributed by atoms with van der Waals surface area (Å²) < 4.78 is 5.07. The predicted molar refractivity (Wildman–Crippen MR) is 69.1 cm³/mol. The van der Waals surface area contributed by atoms with Crippen molar-refractivity contribution < 1.29 is 9.53 Å². The first-order valence-electron chi connectivity index (χ1n) is 4.95. The highest BCUT2D eigenvalue weighted by atomic mass is 35.5. The molecule has 5 heteroatoms. The number of nitrogen functional groups attached to an aromatic ring is 1. The van der Waals surface area contributed by atoms with Crippen LogP contribution in [0.3, 0.4) is 0 Å². The number of carbonyl (C=O) groups is 1. The molecule has 0 aliphatic rings. The Morgan fingerprint density at radius 1 is 1.56 bits per heavy atom. The third-order valence-electron chi connectivity index (χ3n) is 1.90. The molecule has 0 aliphatic heterocycles. The molecule has 16 heavy (non-hydrogen) atoms. The van der Waals surface area contributed by atoms with Crippen LogP contribution in [0.4, 0.5) is 5.69 Å². The summed E-state index contributed by atoms with van der Waals surface area (Å²) in [6.07, 6.45) is 0. The SMILES string of the molecule is CCSCCOC(=O)c1ccc(N)c(Cl)c1. The fraction of sp³-hybridized carbons (Fsp3) is 0.364. The third kappa shape index (κ3) is 3.94. The summed E-state index contributed by atoms with van der Waals surface area (Å²) in [7, 11) is 0. The quantitative estimate of drug-likeness (QED) is 0.502. The van der Waals surface area contributed by atoms with Gasteiger partial charge in [0.2, 0.25) is 0 Å². The standard InChI is InChI=1S/C11H14ClNO2S/c1-2-16-6-5-15-11(14)8-3-4-10(13)9(12)7-8/h3-4,7H,2,5-6,13H2,1H3. The number of anilines is 1. The Morgan fingerprint density at radius 2 is 2.31 bits per heavy atom. The highest BCUT2D eigenvalue weighted by Gasteiger charge is 2.08. The van der Waals surface area contributed by atoms with Crippen LogP contribution in [0.25, 0.3) is 0 Å². The minimum absolute atomic E-state index is 0.362. The second kappa shape index (κ2) is 6.66. The van der Waals surface area contributed by atoms with Crippen LogP contribution < -0.4 is 5.73 Å². The average Bonchev–Trinajstić information content (AvgIpc) is 2.28. The van der Waals surface area contributed by atoms with E-state index in [-0.39, 0.29) is 5.97 Å². The summed E-state index contributed by atoms with van der Waals surface area (Å²) in [6, 6.07) is 4.72. The van der Waals surface area contributed by atoms with Crippen LogP contribution in [0.5, 0.6) is 0 Å². The number of carbonyl (C=O) groups excluding carboxylic acids is 1. The summed E-state index contributed by atoms with van der Waals surface area (Å²) in [6.45, 7) is 2.48. The highest BCUT2D eigenvalue weighted by molar-refractivity contribution is 7.99. The summed E-state index contributed by atoms with van der Waals surface area (Å²) in [4.78, 5) is 11.5. The van der Waals surface area contributed by atoms with Gasteiger partial charge >= 0.3 is 5.97 Å². The highest BCUT2D eigenvalue weighted by Crippen LogP contribution is 2.20. The van der Waals surface area contributed by atoms with E-state index in [4.69, 9.17) is 22.1 Å². The molecule has 88 valence electrons. The molecule has 0 aromatic heterocycles. The molecule has 0 unspecified atom stereocenters. The van der Waals surface area contributed by atoms with E-state index in [1.165, 1.54) is 6.07 Å². The molecular weight excluding hydrogens is 246 g/mol. The summed E-state index contributed by atoms with van der Waals surface area (Å²) in [5, 5.41) is 0.373. The van der Waals surface area contributed by atoms with Gasteiger partial charge in [0, 0.05) is 5.75 Å². The van der Waals surface area contributed by atoms with Crippen molar-refractivity contribution in [2.45, 2.75) is 6.92 Å². The van der Waals surface area contributed by atoms with Crippen molar-refractivity contribution in [1.82, 2.24) is 0 Å². The minimum Gasteiger partial charge on any atom is -0.461 e. The minimum atomic E-state index is -0.362. The zero-order valence-corrected chi connectivity index (χ0v) is 10.6. The first-order valence-corrected chi connectivity index (χ1v) is 6.48. The second-order valence-electron chi connectivity index (χ2n) is 3.07. The topological polar surface area (TPSA) is 52.3 Å². The van der Waals surface area contributed by atoms with E-state index < -0.39 is 0 Å². The normalized spacial score (nSPS) is 10.1. The molecule has 1 rings (SSSR count). The van der Waals surface area contributed by atoms with Gasteiger partial charge in [0.15, 0.2) is 0 Å². The molecule has 0 spiro atoms. The number of hydrogen-bond donors (Lipinski definition) is 1. The van der Waals surface area contributed by atoms with Gasteiger partial charge in [0.1, 0.15) is 6.61 Å². The van der Waals surface area contributed by atoms with Gasteiger partial charge in [0.25, 0.3) is 0 Å². The lowest BCUT2D eigenvalue weighted by atomic mass is 10.2. The molecule has 0 saturated carbocycles. The van der Waals surface area contributed by atoms with Gasteiger partial charge in [-0.05, 0) is 24.0 Å². The first-order chi connectivity index (χ1) is 7.65. The Bertz CT molecular complexity index is 371. The van der Waals surface area contributed by atoms with E-state index in [2.05, 4.69) is 6.92 Å². The van der Waals surface area contributed by atoms with E-state index in [9.17, 15) is 4.79 Å². The molecule has 0 bridgehead atoms. The molecule has 0 atom stereocenters. The van der Waals surface area contributed by atoms with Gasteiger partial charge in [-0.15, -0.1) is 0 Å².